The third-order valence-corrected chi connectivity index (χ3v) is 4.32. The molecular formula is C15H17ClFN3O. The Morgan fingerprint density at radius 3 is 2.57 bits per heavy atom. The van der Waals surface area contributed by atoms with E-state index >= 15 is 0 Å². The van der Waals surface area contributed by atoms with E-state index in [2.05, 4.69) is 10.1 Å². The molecular weight excluding hydrogens is 293 g/mol. The highest BCUT2D eigenvalue weighted by Crippen LogP contribution is 2.34. The summed E-state index contributed by atoms with van der Waals surface area (Å²) in [5.41, 5.74) is 6.51. The molecule has 0 bridgehead atoms. The first-order valence-electron chi connectivity index (χ1n) is 7.17. The van der Waals surface area contributed by atoms with Crippen molar-refractivity contribution in [2.45, 2.75) is 44.1 Å². The van der Waals surface area contributed by atoms with Crippen LogP contribution in [0.3, 0.4) is 0 Å². The molecule has 21 heavy (non-hydrogen) atoms. The fourth-order valence-electron chi connectivity index (χ4n) is 2.75. The zero-order chi connectivity index (χ0) is 14.9. The molecule has 0 amide bonds. The van der Waals surface area contributed by atoms with E-state index in [0.717, 1.165) is 25.7 Å². The van der Waals surface area contributed by atoms with Crippen molar-refractivity contribution in [3.05, 3.63) is 34.9 Å². The van der Waals surface area contributed by atoms with E-state index in [1.807, 2.05) is 0 Å². The van der Waals surface area contributed by atoms with E-state index in [1.165, 1.54) is 25.0 Å². The van der Waals surface area contributed by atoms with Gasteiger partial charge >= 0.3 is 0 Å². The molecule has 2 N–H and O–H groups in total. The number of nitrogens with zero attached hydrogens (tertiary/aromatic N) is 2. The minimum absolute atomic E-state index is 0.0378. The standard InChI is InChI=1S/C15H17ClFN3O/c16-11-9-10(5-6-12(11)17)13-19-14(21-20-13)15(18)7-3-1-2-4-8-15/h5-6,9H,1-4,7-8,18H2. The maximum absolute atomic E-state index is 13.2. The lowest BCUT2D eigenvalue weighted by atomic mass is 9.91. The van der Waals surface area contributed by atoms with Crippen LogP contribution in [0, 0.1) is 5.82 Å². The Hall–Kier alpha value is -1.46. The van der Waals surface area contributed by atoms with Crippen molar-refractivity contribution >= 4 is 11.6 Å². The van der Waals surface area contributed by atoms with Gasteiger partial charge in [-0.25, -0.2) is 4.39 Å². The molecule has 1 aliphatic carbocycles. The maximum Gasteiger partial charge on any atom is 0.247 e. The molecule has 0 spiro atoms. The highest BCUT2D eigenvalue weighted by Gasteiger charge is 2.34. The van der Waals surface area contributed by atoms with Crippen LogP contribution in [0.25, 0.3) is 11.4 Å². The van der Waals surface area contributed by atoms with E-state index in [9.17, 15) is 4.39 Å². The van der Waals surface area contributed by atoms with Crippen LogP contribution in [0.4, 0.5) is 4.39 Å². The Kier molecular flexibility index (Phi) is 3.95. The van der Waals surface area contributed by atoms with Gasteiger partial charge in [0, 0.05) is 5.56 Å². The number of halogens is 2. The molecule has 1 saturated carbocycles. The van der Waals surface area contributed by atoms with Crippen molar-refractivity contribution in [2.24, 2.45) is 5.73 Å². The number of nitrogens with two attached hydrogens (primary N) is 1. The molecule has 1 aromatic carbocycles. The van der Waals surface area contributed by atoms with Crippen molar-refractivity contribution in [1.29, 1.82) is 0 Å². The number of aromatic nitrogens is 2. The quantitative estimate of drug-likeness (QED) is 0.850. The number of rotatable bonds is 2. The fraction of sp³-hybridized carbons (Fsp3) is 0.467. The highest BCUT2D eigenvalue weighted by atomic mass is 35.5. The lowest BCUT2D eigenvalue weighted by molar-refractivity contribution is 0.257. The third kappa shape index (κ3) is 2.94. The largest absolute Gasteiger partial charge is 0.337 e. The second-order valence-electron chi connectivity index (χ2n) is 5.62. The van der Waals surface area contributed by atoms with E-state index in [1.54, 1.807) is 6.07 Å². The smallest absolute Gasteiger partial charge is 0.247 e. The van der Waals surface area contributed by atoms with Crippen molar-refractivity contribution in [3.8, 4) is 11.4 Å². The molecule has 0 atom stereocenters. The molecule has 2 aromatic rings. The summed E-state index contributed by atoms with van der Waals surface area (Å²) in [6, 6.07) is 4.35. The van der Waals surface area contributed by atoms with Crippen LogP contribution in [-0.2, 0) is 5.54 Å². The topological polar surface area (TPSA) is 64.9 Å². The normalized spacial score (nSPS) is 18.4. The zero-order valence-electron chi connectivity index (χ0n) is 11.6. The minimum atomic E-state index is -0.550. The molecule has 1 fully saturated rings. The Balaban J connectivity index is 1.90. The molecule has 4 nitrogen and oxygen atoms in total. The molecule has 1 aliphatic rings. The van der Waals surface area contributed by atoms with Crippen LogP contribution < -0.4 is 5.73 Å². The van der Waals surface area contributed by atoms with E-state index < -0.39 is 11.4 Å². The summed E-state index contributed by atoms with van der Waals surface area (Å²) in [5, 5.41) is 4.00. The molecule has 3 rings (SSSR count). The third-order valence-electron chi connectivity index (χ3n) is 4.03. The maximum atomic E-state index is 13.2. The van der Waals surface area contributed by atoms with E-state index in [0.29, 0.717) is 17.3 Å². The summed E-state index contributed by atoms with van der Waals surface area (Å²) in [7, 11) is 0. The first kappa shape index (κ1) is 14.5. The van der Waals surface area contributed by atoms with E-state index in [4.69, 9.17) is 21.9 Å². The van der Waals surface area contributed by atoms with Gasteiger partial charge in [0.25, 0.3) is 0 Å². The van der Waals surface area contributed by atoms with Crippen molar-refractivity contribution in [1.82, 2.24) is 10.1 Å². The van der Waals surface area contributed by atoms with Gasteiger partial charge in [0.15, 0.2) is 0 Å². The number of hydrogen-bond acceptors (Lipinski definition) is 4. The second-order valence-corrected chi connectivity index (χ2v) is 6.03. The van der Waals surface area contributed by atoms with Gasteiger partial charge in [-0.2, -0.15) is 4.98 Å². The zero-order valence-corrected chi connectivity index (χ0v) is 12.4. The summed E-state index contributed by atoms with van der Waals surface area (Å²) < 4.78 is 18.6. The molecule has 0 radical (unpaired) electrons. The van der Waals surface area contributed by atoms with Crippen molar-refractivity contribution in [3.63, 3.8) is 0 Å². The SMILES string of the molecule is NC1(c2nc(-c3ccc(F)c(Cl)c3)no2)CCCCCC1. The predicted molar refractivity (Wildman–Crippen MR) is 78.3 cm³/mol. The van der Waals surface area contributed by atoms with Crippen LogP contribution in [0.1, 0.15) is 44.4 Å². The summed E-state index contributed by atoms with van der Waals surface area (Å²) in [5.74, 6) is 0.379. The molecule has 0 saturated heterocycles. The number of hydrogen-bond donors (Lipinski definition) is 1. The lowest BCUT2D eigenvalue weighted by Crippen LogP contribution is -2.36. The van der Waals surface area contributed by atoms with Crippen molar-refractivity contribution < 1.29 is 8.91 Å². The second kappa shape index (κ2) is 5.73. The molecule has 1 aromatic heterocycles. The van der Waals surface area contributed by atoms with Gasteiger partial charge in [0.2, 0.25) is 11.7 Å². The van der Waals surface area contributed by atoms with Gasteiger partial charge < -0.3 is 10.3 Å². The number of benzene rings is 1. The average molecular weight is 310 g/mol. The molecule has 112 valence electrons. The van der Waals surface area contributed by atoms with Crippen LogP contribution in [-0.4, -0.2) is 10.1 Å². The van der Waals surface area contributed by atoms with Crippen LogP contribution in [0.15, 0.2) is 22.7 Å². The minimum Gasteiger partial charge on any atom is -0.337 e. The van der Waals surface area contributed by atoms with Crippen LogP contribution in [0.2, 0.25) is 5.02 Å². The molecule has 0 unspecified atom stereocenters. The van der Waals surface area contributed by atoms with Gasteiger partial charge in [-0.1, -0.05) is 42.4 Å². The lowest BCUT2D eigenvalue weighted by Gasteiger charge is -2.22. The van der Waals surface area contributed by atoms with E-state index in [-0.39, 0.29) is 5.02 Å². The summed E-state index contributed by atoms with van der Waals surface area (Å²) in [4.78, 5) is 4.40. The van der Waals surface area contributed by atoms with Gasteiger partial charge in [-0.3, -0.25) is 0 Å². The first-order valence-corrected chi connectivity index (χ1v) is 7.55. The van der Waals surface area contributed by atoms with Crippen molar-refractivity contribution in [2.75, 3.05) is 0 Å². The molecule has 0 aliphatic heterocycles. The Bertz CT molecular complexity index is 636. The summed E-state index contributed by atoms with van der Waals surface area (Å²) in [6.45, 7) is 0. The van der Waals surface area contributed by atoms with Gasteiger partial charge in [0.05, 0.1) is 10.6 Å². The van der Waals surface area contributed by atoms with Gasteiger partial charge in [-0.05, 0) is 31.0 Å². The summed E-state index contributed by atoms with van der Waals surface area (Å²) >= 11 is 5.78. The monoisotopic (exact) mass is 309 g/mol. The van der Waals surface area contributed by atoms with Crippen LogP contribution in [0.5, 0.6) is 0 Å². The molecule has 6 heteroatoms. The van der Waals surface area contributed by atoms with Gasteiger partial charge in [0.1, 0.15) is 5.82 Å². The van der Waals surface area contributed by atoms with Crippen LogP contribution >= 0.6 is 11.6 Å². The predicted octanol–water partition coefficient (Wildman–Crippen LogP) is 4.04. The Labute approximate surface area is 127 Å². The molecule has 1 heterocycles. The Morgan fingerprint density at radius 1 is 1.19 bits per heavy atom. The summed E-state index contributed by atoms with van der Waals surface area (Å²) in [6.07, 6.45) is 6.20. The first-order chi connectivity index (χ1) is 10.1. The fourth-order valence-corrected chi connectivity index (χ4v) is 2.93. The van der Waals surface area contributed by atoms with Gasteiger partial charge in [-0.15, -0.1) is 0 Å². The average Bonchev–Trinajstić information content (AvgIpc) is 2.86. The highest BCUT2D eigenvalue weighted by molar-refractivity contribution is 6.31. The Morgan fingerprint density at radius 2 is 1.90 bits per heavy atom.